The van der Waals surface area contributed by atoms with Crippen molar-refractivity contribution in [1.29, 1.82) is 0 Å². The molecule has 7 heteroatoms. The van der Waals surface area contributed by atoms with Crippen LogP contribution in [0.5, 0.6) is 5.75 Å². The lowest BCUT2D eigenvalue weighted by atomic mass is 10.2. The molecule has 0 atom stereocenters. The Kier molecular flexibility index (Phi) is 5.53. The Morgan fingerprint density at radius 1 is 1.20 bits per heavy atom. The summed E-state index contributed by atoms with van der Waals surface area (Å²) in [4.78, 5) is 2.41. The number of methoxy groups -OCH3 is 1. The highest BCUT2D eigenvalue weighted by Gasteiger charge is 2.12. The van der Waals surface area contributed by atoms with Crippen LogP contribution in [0.2, 0.25) is 5.02 Å². The first-order chi connectivity index (χ1) is 12.1. The van der Waals surface area contributed by atoms with Gasteiger partial charge in [0.25, 0.3) is 4.84 Å². The number of rotatable bonds is 6. The van der Waals surface area contributed by atoms with Gasteiger partial charge in [-0.3, -0.25) is 4.90 Å². The first-order valence-electron chi connectivity index (χ1n) is 7.71. The minimum atomic E-state index is 0.316. The van der Waals surface area contributed by atoms with E-state index in [1.807, 2.05) is 49.5 Å². The van der Waals surface area contributed by atoms with E-state index < -0.39 is 0 Å². The molecule has 0 spiro atoms. The highest BCUT2D eigenvalue weighted by molar-refractivity contribution is 7.71. The average Bonchev–Trinajstić information content (AvgIpc) is 2.96. The van der Waals surface area contributed by atoms with E-state index in [0.717, 1.165) is 17.9 Å². The highest BCUT2D eigenvalue weighted by Crippen LogP contribution is 2.26. The monoisotopic (exact) mass is 375 g/mol. The topological polar surface area (TPSA) is 43.4 Å². The molecule has 25 heavy (non-hydrogen) atoms. The molecule has 1 heterocycles. The van der Waals surface area contributed by atoms with Crippen molar-refractivity contribution in [2.75, 3.05) is 14.2 Å². The van der Waals surface area contributed by atoms with Gasteiger partial charge in [-0.1, -0.05) is 35.9 Å². The number of halogens is 1. The van der Waals surface area contributed by atoms with Crippen LogP contribution in [0.4, 0.5) is 0 Å². The molecule has 0 bridgehead atoms. The normalized spacial score (nSPS) is 11.0. The molecule has 0 unspecified atom stereocenters. The van der Waals surface area contributed by atoms with Gasteiger partial charge in [0.1, 0.15) is 5.75 Å². The Hall–Kier alpha value is -2.15. The minimum Gasteiger partial charge on any atom is -0.497 e. The van der Waals surface area contributed by atoms with E-state index in [1.54, 1.807) is 17.9 Å². The van der Waals surface area contributed by atoms with Gasteiger partial charge in [0.2, 0.25) is 5.89 Å². The summed E-state index contributed by atoms with van der Waals surface area (Å²) in [6, 6.07) is 15.4. The summed E-state index contributed by atoms with van der Waals surface area (Å²) < 4.78 is 12.4. The van der Waals surface area contributed by atoms with Gasteiger partial charge in [0, 0.05) is 6.54 Å². The fourth-order valence-corrected chi connectivity index (χ4v) is 2.85. The Labute approximate surface area is 156 Å². The number of hydrogen-bond donors (Lipinski definition) is 0. The van der Waals surface area contributed by atoms with Gasteiger partial charge < -0.3 is 9.15 Å². The van der Waals surface area contributed by atoms with Crippen molar-refractivity contribution in [2.24, 2.45) is 0 Å². The summed E-state index contributed by atoms with van der Waals surface area (Å²) in [5.74, 6) is 1.27. The largest absolute Gasteiger partial charge is 0.497 e. The molecule has 0 aliphatic rings. The predicted octanol–water partition coefficient (Wildman–Crippen LogP) is 4.62. The molecule has 0 aliphatic heterocycles. The second-order valence-electron chi connectivity index (χ2n) is 5.66. The average molecular weight is 376 g/mol. The van der Waals surface area contributed by atoms with Crippen molar-refractivity contribution >= 4 is 23.8 Å². The molecule has 0 saturated heterocycles. The molecule has 0 amide bonds. The Balaban J connectivity index is 1.72. The third-order valence-corrected chi connectivity index (χ3v) is 4.32. The molecule has 0 aliphatic carbocycles. The van der Waals surface area contributed by atoms with Crippen LogP contribution in [-0.2, 0) is 13.2 Å². The second kappa shape index (κ2) is 7.82. The van der Waals surface area contributed by atoms with Crippen molar-refractivity contribution in [1.82, 2.24) is 14.7 Å². The molecule has 3 aromatic rings. The van der Waals surface area contributed by atoms with Gasteiger partial charge >= 0.3 is 0 Å². The molecule has 0 radical (unpaired) electrons. The maximum Gasteiger partial charge on any atom is 0.288 e. The molecule has 1 aromatic heterocycles. The van der Waals surface area contributed by atoms with E-state index >= 15 is 0 Å². The van der Waals surface area contributed by atoms with Crippen LogP contribution in [0.3, 0.4) is 0 Å². The number of nitrogens with zero attached hydrogens (tertiary/aromatic N) is 3. The third-order valence-electron chi connectivity index (χ3n) is 3.70. The SMILES string of the molecule is COc1ccc(CN(C)Cn2nc(-c3ccccc3Cl)oc2=S)cc1. The molecule has 0 N–H and O–H groups in total. The van der Waals surface area contributed by atoms with E-state index in [9.17, 15) is 0 Å². The quantitative estimate of drug-likeness (QED) is 0.588. The summed E-state index contributed by atoms with van der Waals surface area (Å²) in [5.41, 5.74) is 1.90. The van der Waals surface area contributed by atoms with Crippen LogP contribution in [-0.4, -0.2) is 28.8 Å². The highest BCUT2D eigenvalue weighted by atomic mass is 35.5. The summed E-state index contributed by atoms with van der Waals surface area (Å²) in [6.45, 7) is 1.26. The van der Waals surface area contributed by atoms with E-state index in [0.29, 0.717) is 22.4 Å². The van der Waals surface area contributed by atoms with Crippen LogP contribution in [0.1, 0.15) is 5.56 Å². The number of hydrogen-bond acceptors (Lipinski definition) is 5. The fourth-order valence-electron chi connectivity index (χ4n) is 2.46. The molecular formula is C18H18ClN3O2S. The van der Waals surface area contributed by atoms with Crippen molar-refractivity contribution in [3.63, 3.8) is 0 Å². The number of ether oxygens (including phenoxy) is 1. The van der Waals surface area contributed by atoms with Gasteiger partial charge in [0.05, 0.1) is 24.4 Å². The van der Waals surface area contributed by atoms with Crippen molar-refractivity contribution in [2.45, 2.75) is 13.2 Å². The molecular weight excluding hydrogens is 358 g/mol. The predicted molar refractivity (Wildman–Crippen MR) is 100 cm³/mol. The van der Waals surface area contributed by atoms with Crippen LogP contribution >= 0.6 is 23.8 Å². The third kappa shape index (κ3) is 4.28. The summed E-state index contributed by atoms with van der Waals surface area (Å²) in [7, 11) is 3.65. The second-order valence-corrected chi connectivity index (χ2v) is 6.41. The van der Waals surface area contributed by atoms with Crippen molar-refractivity contribution < 1.29 is 9.15 Å². The molecule has 0 saturated carbocycles. The smallest absolute Gasteiger partial charge is 0.288 e. The minimum absolute atomic E-state index is 0.316. The number of benzene rings is 2. The lowest BCUT2D eigenvalue weighted by Gasteiger charge is -2.16. The van der Waals surface area contributed by atoms with Gasteiger partial charge in [0.15, 0.2) is 0 Å². The lowest BCUT2D eigenvalue weighted by Crippen LogP contribution is -2.22. The summed E-state index contributed by atoms with van der Waals surface area (Å²) in [6.07, 6.45) is 0. The number of aromatic nitrogens is 2. The van der Waals surface area contributed by atoms with Crippen molar-refractivity contribution in [3.8, 4) is 17.2 Å². The van der Waals surface area contributed by atoms with E-state index in [4.69, 9.17) is 33.0 Å². The Morgan fingerprint density at radius 2 is 1.92 bits per heavy atom. The maximum absolute atomic E-state index is 6.19. The van der Waals surface area contributed by atoms with Crippen LogP contribution in [0, 0.1) is 4.84 Å². The standard InChI is InChI=1S/C18H18ClN3O2S/c1-21(11-13-7-9-14(23-2)10-8-13)12-22-18(25)24-17(20-22)15-5-3-4-6-16(15)19/h3-10H,11-12H2,1-2H3. The first kappa shape index (κ1) is 17.7. The van der Waals surface area contributed by atoms with Gasteiger partial charge in [-0.05, 0) is 49.1 Å². The fraction of sp³-hybridized carbons (Fsp3) is 0.222. The Morgan fingerprint density at radius 3 is 2.60 bits per heavy atom. The van der Waals surface area contributed by atoms with Crippen LogP contribution in [0.15, 0.2) is 52.9 Å². The van der Waals surface area contributed by atoms with Gasteiger partial charge in [-0.15, -0.1) is 5.10 Å². The van der Waals surface area contributed by atoms with E-state index in [1.165, 1.54) is 5.56 Å². The Bertz CT molecular complexity index is 905. The van der Waals surface area contributed by atoms with E-state index in [-0.39, 0.29) is 0 Å². The van der Waals surface area contributed by atoms with E-state index in [2.05, 4.69) is 10.00 Å². The zero-order valence-corrected chi connectivity index (χ0v) is 15.5. The van der Waals surface area contributed by atoms with Gasteiger partial charge in [-0.25, -0.2) is 4.68 Å². The van der Waals surface area contributed by atoms with Crippen LogP contribution in [0.25, 0.3) is 11.5 Å². The summed E-state index contributed by atoms with van der Waals surface area (Å²) in [5, 5.41) is 5.03. The molecule has 0 fully saturated rings. The van der Waals surface area contributed by atoms with Crippen LogP contribution < -0.4 is 4.74 Å². The zero-order chi connectivity index (χ0) is 17.8. The molecule has 3 rings (SSSR count). The van der Waals surface area contributed by atoms with Gasteiger partial charge in [-0.2, -0.15) is 0 Å². The maximum atomic E-state index is 6.19. The first-order valence-corrected chi connectivity index (χ1v) is 8.50. The molecule has 130 valence electrons. The van der Waals surface area contributed by atoms with Crippen molar-refractivity contribution in [3.05, 3.63) is 64.0 Å². The summed E-state index contributed by atoms with van der Waals surface area (Å²) >= 11 is 11.5. The zero-order valence-electron chi connectivity index (χ0n) is 14.0. The molecule has 5 nitrogen and oxygen atoms in total. The molecule has 2 aromatic carbocycles. The lowest BCUT2D eigenvalue weighted by molar-refractivity contribution is 0.240.